The third-order valence-electron chi connectivity index (χ3n) is 6.29. The average molecular weight is 523 g/mol. The van der Waals surface area contributed by atoms with Gasteiger partial charge in [-0.25, -0.2) is 13.2 Å². The van der Waals surface area contributed by atoms with Gasteiger partial charge in [0, 0.05) is 30.1 Å². The number of amides is 2. The van der Waals surface area contributed by atoms with Crippen molar-refractivity contribution >= 4 is 29.5 Å². The molecule has 2 aliphatic rings. The lowest BCUT2D eigenvalue weighted by Crippen LogP contribution is -2.39. The zero-order valence-electron chi connectivity index (χ0n) is 19.2. The molecule has 1 fully saturated rings. The number of carbonyl (C=O) groups is 3. The van der Waals surface area contributed by atoms with Gasteiger partial charge in [0.15, 0.2) is 0 Å². The number of aliphatic carboxylic acids is 1. The first-order valence-electron chi connectivity index (χ1n) is 11.6. The molecule has 1 atom stereocenters. The normalized spacial score (nSPS) is 20.9. The van der Waals surface area contributed by atoms with Crippen molar-refractivity contribution in [2.45, 2.75) is 48.4 Å². The summed E-state index contributed by atoms with van der Waals surface area (Å²) < 4.78 is 48.5. The molecule has 1 saturated carbocycles. The Balaban J connectivity index is 1.24. The fourth-order valence-electron chi connectivity index (χ4n) is 4.39. The van der Waals surface area contributed by atoms with E-state index in [1.165, 1.54) is 6.07 Å². The van der Waals surface area contributed by atoms with Crippen molar-refractivity contribution in [2.24, 2.45) is 5.92 Å². The molecule has 192 valence electrons. The highest BCUT2D eigenvalue weighted by Gasteiger charge is 2.30. The standard InChI is InChI=1S/C25H25F3N2O5S/c26-17-3-1-2-14-10-20(36-22(14)17)23(31)29-8-9-30-24(32)21-18(27)11-16(12-19(21)28)35-15-6-4-13(5-7-15)25(33)34/h1-3,11-13,15,20H,4-10H2,(H,29,31)(H,30,32)(H,33,34). The van der Waals surface area contributed by atoms with E-state index < -0.39 is 40.2 Å². The van der Waals surface area contributed by atoms with Crippen molar-refractivity contribution in [3.05, 3.63) is 58.9 Å². The summed E-state index contributed by atoms with van der Waals surface area (Å²) in [5.74, 6) is -5.21. The number of benzene rings is 2. The largest absolute Gasteiger partial charge is 0.490 e. The first-order valence-corrected chi connectivity index (χ1v) is 12.5. The molecule has 36 heavy (non-hydrogen) atoms. The molecule has 0 radical (unpaired) electrons. The first-order chi connectivity index (χ1) is 17.2. The molecule has 4 rings (SSSR count). The summed E-state index contributed by atoms with van der Waals surface area (Å²) in [4.78, 5) is 36.2. The van der Waals surface area contributed by atoms with Crippen molar-refractivity contribution in [3.8, 4) is 5.75 Å². The van der Waals surface area contributed by atoms with E-state index in [-0.39, 0.29) is 36.7 Å². The lowest BCUT2D eigenvalue weighted by Gasteiger charge is -2.26. The van der Waals surface area contributed by atoms with Crippen molar-refractivity contribution in [1.82, 2.24) is 10.6 Å². The van der Waals surface area contributed by atoms with Crippen molar-refractivity contribution in [2.75, 3.05) is 13.1 Å². The average Bonchev–Trinajstić information content (AvgIpc) is 3.28. The van der Waals surface area contributed by atoms with Gasteiger partial charge in [0.05, 0.1) is 17.3 Å². The minimum atomic E-state index is -1.09. The maximum atomic E-state index is 14.5. The molecule has 0 aromatic heterocycles. The summed E-state index contributed by atoms with van der Waals surface area (Å²) in [7, 11) is 0. The number of hydrogen-bond acceptors (Lipinski definition) is 5. The van der Waals surface area contributed by atoms with Gasteiger partial charge in [-0.05, 0) is 43.7 Å². The van der Waals surface area contributed by atoms with Crippen LogP contribution in [0.25, 0.3) is 0 Å². The summed E-state index contributed by atoms with van der Waals surface area (Å²) in [5.41, 5.74) is 0.000284. The van der Waals surface area contributed by atoms with Gasteiger partial charge in [0.25, 0.3) is 5.91 Å². The Morgan fingerprint density at radius 2 is 1.64 bits per heavy atom. The molecular weight excluding hydrogens is 497 g/mol. The molecule has 2 aromatic rings. The van der Waals surface area contributed by atoms with E-state index in [1.54, 1.807) is 12.1 Å². The highest BCUT2D eigenvalue weighted by Crippen LogP contribution is 2.38. The molecular formula is C25H25F3N2O5S. The molecule has 2 aromatic carbocycles. The van der Waals surface area contributed by atoms with Crippen LogP contribution in [-0.4, -0.2) is 47.3 Å². The minimum Gasteiger partial charge on any atom is -0.490 e. The Bertz CT molecular complexity index is 1150. The molecule has 1 aliphatic heterocycles. The number of carboxylic acids is 1. The smallest absolute Gasteiger partial charge is 0.306 e. The second-order valence-corrected chi connectivity index (χ2v) is 9.99. The molecule has 0 spiro atoms. The van der Waals surface area contributed by atoms with E-state index in [1.807, 2.05) is 0 Å². The van der Waals surface area contributed by atoms with Crippen LogP contribution in [0.5, 0.6) is 5.75 Å². The summed E-state index contributed by atoms with van der Waals surface area (Å²) >= 11 is 1.14. The second-order valence-electron chi connectivity index (χ2n) is 8.78. The lowest BCUT2D eigenvalue weighted by atomic mass is 9.87. The number of rotatable bonds is 8. The predicted molar refractivity (Wildman–Crippen MR) is 125 cm³/mol. The van der Waals surface area contributed by atoms with Gasteiger partial charge in [-0.2, -0.15) is 0 Å². The number of halogens is 3. The molecule has 2 amide bonds. The van der Waals surface area contributed by atoms with E-state index in [0.29, 0.717) is 37.0 Å². The quantitative estimate of drug-likeness (QED) is 0.457. The van der Waals surface area contributed by atoms with Crippen LogP contribution in [0.2, 0.25) is 0 Å². The molecule has 1 aliphatic carbocycles. The molecule has 7 nitrogen and oxygen atoms in total. The highest BCUT2D eigenvalue weighted by molar-refractivity contribution is 8.01. The Morgan fingerprint density at radius 3 is 2.28 bits per heavy atom. The zero-order chi connectivity index (χ0) is 25.8. The van der Waals surface area contributed by atoms with Gasteiger partial charge in [0.2, 0.25) is 5.91 Å². The first kappa shape index (κ1) is 25.9. The SMILES string of the molecule is O=C(NCCNC(=O)C1Cc2cccc(F)c2S1)c1c(F)cc(OC2CCC(C(=O)O)CC2)cc1F. The van der Waals surface area contributed by atoms with Gasteiger partial charge in [-0.15, -0.1) is 11.8 Å². The van der Waals surface area contributed by atoms with Gasteiger partial charge >= 0.3 is 5.97 Å². The van der Waals surface area contributed by atoms with E-state index in [4.69, 9.17) is 9.84 Å². The van der Waals surface area contributed by atoms with Gasteiger partial charge in [0.1, 0.15) is 28.8 Å². The summed E-state index contributed by atoms with van der Waals surface area (Å²) in [6, 6.07) is 6.55. The Morgan fingerprint density at radius 1 is 0.972 bits per heavy atom. The van der Waals surface area contributed by atoms with Crippen LogP contribution in [0.1, 0.15) is 41.6 Å². The van der Waals surface area contributed by atoms with Crippen LogP contribution in [-0.2, 0) is 16.0 Å². The van der Waals surface area contributed by atoms with Crippen molar-refractivity contribution in [3.63, 3.8) is 0 Å². The van der Waals surface area contributed by atoms with E-state index >= 15 is 0 Å². The Kier molecular flexibility index (Phi) is 8.07. The predicted octanol–water partition coefficient (Wildman–Crippen LogP) is 3.69. The molecule has 3 N–H and O–H groups in total. The molecule has 1 heterocycles. The molecule has 11 heteroatoms. The third-order valence-corrected chi connectivity index (χ3v) is 7.64. The van der Waals surface area contributed by atoms with Crippen molar-refractivity contribution in [1.29, 1.82) is 0 Å². The molecule has 0 saturated heterocycles. The topological polar surface area (TPSA) is 105 Å². The van der Waals surface area contributed by atoms with E-state index in [9.17, 15) is 27.6 Å². The van der Waals surface area contributed by atoms with Crippen LogP contribution in [0, 0.1) is 23.4 Å². The molecule has 0 bridgehead atoms. The lowest BCUT2D eigenvalue weighted by molar-refractivity contribution is -0.143. The Hall–Kier alpha value is -3.21. The fourth-order valence-corrected chi connectivity index (χ4v) is 5.62. The second kappa shape index (κ2) is 11.2. The number of thioether (sulfide) groups is 1. The molecule has 1 unspecified atom stereocenters. The van der Waals surface area contributed by atoms with Gasteiger partial charge in [-0.3, -0.25) is 14.4 Å². The zero-order valence-corrected chi connectivity index (χ0v) is 20.0. The number of nitrogens with one attached hydrogen (secondary N) is 2. The van der Waals surface area contributed by atoms with Gasteiger partial charge < -0.3 is 20.5 Å². The van der Waals surface area contributed by atoms with Crippen LogP contribution in [0.3, 0.4) is 0 Å². The van der Waals surface area contributed by atoms with E-state index in [2.05, 4.69) is 10.6 Å². The number of fused-ring (bicyclic) bond motifs is 1. The van der Waals surface area contributed by atoms with Crippen LogP contribution in [0.15, 0.2) is 35.2 Å². The van der Waals surface area contributed by atoms with Crippen LogP contribution in [0.4, 0.5) is 13.2 Å². The number of carbonyl (C=O) groups excluding carboxylic acids is 2. The van der Waals surface area contributed by atoms with Crippen LogP contribution >= 0.6 is 11.8 Å². The monoisotopic (exact) mass is 522 g/mol. The Labute approximate surface area is 209 Å². The number of carboxylic acid groups (broad SMARTS) is 1. The maximum absolute atomic E-state index is 14.5. The van der Waals surface area contributed by atoms with E-state index in [0.717, 1.165) is 29.5 Å². The van der Waals surface area contributed by atoms with Crippen LogP contribution < -0.4 is 15.4 Å². The highest BCUT2D eigenvalue weighted by atomic mass is 32.2. The van der Waals surface area contributed by atoms with Gasteiger partial charge in [-0.1, -0.05) is 12.1 Å². The summed E-state index contributed by atoms with van der Waals surface area (Å²) in [6.45, 7) is -0.0306. The third kappa shape index (κ3) is 5.95. The van der Waals surface area contributed by atoms with Crippen molar-refractivity contribution < 1.29 is 37.4 Å². The maximum Gasteiger partial charge on any atom is 0.306 e. The minimum absolute atomic E-state index is 0.0317. The summed E-state index contributed by atoms with van der Waals surface area (Å²) in [6.07, 6.45) is 1.78. The number of hydrogen-bond donors (Lipinski definition) is 3. The summed E-state index contributed by atoms with van der Waals surface area (Å²) in [5, 5.41) is 13.6. The number of ether oxygens (including phenoxy) is 1. The fraction of sp³-hybridized carbons (Fsp3) is 0.400.